The minimum absolute atomic E-state index is 0.0147. The molecule has 1 aliphatic carbocycles. The summed E-state index contributed by atoms with van der Waals surface area (Å²) in [5.74, 6) is 0. The van der Waals surface area contributed by atoms with E-state index >= 15 is 0 Å². The maximum atomic E-state index is 5.85. The van der Waals surface area contributed by atoms with Gasteiger partial charge in [0.2, 0.25) is 0 Å². The summed E-state index contributed by atoms with van der Waals surface area (Å²) in [6, 6.07) is 0. The molecule has 0 nitrogen and oxygen atoms in total. The van der Waals surface area contributed by atoms with Gasteiger partial charge in [0.25, 0.3) is 0 Å². The van der Waals surface area contributed by atoms with E-state index in [0.29, 0.717) is 12.8 Å². The zero-order valence-electron chi connectivity index (χ0n) is 5.24. The molecule has 1 saturated carbocycles. The third-order valence-electron chi connectivity index (χ3n) is 1.69. The Hall–Kier alpha value is 1.16. The minimum Gasteiger partial charge on any atom is -0.121 e. The third kappa shape index (κ3) is 2.07. The normalized spacial score (nSPS) is 49.2. The Morgan fingerprint density at radius 2 is 0.800 bits per heavy atom. The van der Waals surface area contributed by atoms with Crippen molar-refractivity contribution in [2.45, 2.75) is 34.3 Å². The van der Waals surface area contributed by atoms with Gasteiger partial charge in [0.05, 0.1) is 21.5 Å². The van der Waals surface area contributed by atoms with Gasteiger partial charge in [-0.05, 0) is 12.8 Å². The molecule has 1 fully saturated rings. The van der Waals surface area contributed by atoms with Crippen molar-refractivity contribution in [2.24, 2.45) is 0 Å². The van der Waals surface area contributed by atoms with Gasteiger partial charge in [-0.2, -0.15) is 0 Å². The van der Waals surface area contributed by atoms with Crippen molar-refractivity contribution in [2.75, 3.05) is 0 Å². The average Bonchev–Trinajstić information content (AvgIpc) is 1.84. The first-order valence-electron chi connectivity index (χ1n) is 3.17. The van der Waals surface area contributed by atoms with Crippen LogP contribution in [-0.2, 0) is 0 Å². The van der Waals surface area contributed by atoms with Crippen LogP contribution in [0.1, 0.15) is 12.8 Å². The fourth-order valence-corrected chi connectivity index (χ4v) is 2.38. The molecule has 0 N–H and O–H groups in total. The molecule has 0 radical (unpaired) electrons. The first kappa shape index (κ1) is 9.25. The van der Waals surface area contributed by atoms with Gasteiger partial charge in [0.15, 0.2) is 0 Å². The molecule has 0 unspecified atom stereocenters. The molecule has 1 aliphatic rings. The highest BCUT2D eigenvalue weighted by Gasteiger charge is 2.32. The molecule has 4 atom stereocenters. The van der Waals surface area contributed by atoms with Crippen molar-refractivity contribution in [3.05, 3.63) is 0 Å². The Bertz CT molecular complexity index is 90.3. The van der Waals surface area contributed by atoms with Gasteiger partial charge < -0.3 is 0 Å². The van der Waals surface area contributed by atoms with Crippen molar-refractivity contribution in [3.63, 3.8) is 0 Å². The number of halogens is 4. The SMILES string of the molecule is Cl[C@@H]1C[C@H](Cl)[C@@H](Cl)C[C@H]1Cl. The summed E-state index contributed by atoms with van der Waals surface area (Å²) in [5, 5.41) is -0.0586. The van der Waals surface area contributed by atoms with Crippen LogP contribution in [-0.4, -0.2) is 21.5 Å². The molecule has 0 aliphatic heterocycles. The van der Waals surface area contributed by atoms with Crippen molar-refractivity contribution in [3.8, 4) is 0 Å². The Morgan fingerprint density at radius 3 is 1.00 bits per heavy atom. The zero-order chi connectivity index (χ0) is 7.72. The van der Waals surface area contributed by atoms with Crippen LogP contribution in [0.2, 0.25) is 0 Å². The number of rotatable bonds is 0. The molecule has 0 aromatic rings. The van der Waals surface area contributed by atoms with E-state index in [-0.39, 0.29) is 21.5 Å². The molecule has 10 heavy (non-hydrogen) atoms. The van der Waals surface area contributed by atoms with Crippen LogP contribution in [0.15, 0.2) is 0 Å². The molecule has 1 rings (SSSR count). The fraction of sp³-hybridized carbons (Fsp3) is 1.00. The maximum Gasteiger partial charge on any atom is 0.0514 e. The van der Waals surface area contributed by atoms with Crippen molar-refractivity contribution in [1.29, 1.82) is 0 Å². The van der Waals surface area contributed by atoms with Crippen LogP contribution in [0.25, 0.3) is 0 Å². The second-order valence-electron chi connectivity index (χ2n) is 2.54. The van der Waals surface area contributed by atoms with Gasteiger partial charge in [-0.1, -0.05) is 0 Å². The monoisotopic (exact) mass is 220 g/mol. The number of alkyl halides is 4. The van der Waals surface area contributed by atoms with Gasteiger partial charge in [-0.3, -0.25) is 0 Å². The molecule has 0 saturated heterocycles. The van der Waals surface area contributed by atoms with E-state index in [1.807, 2.05) is 0 Å². The van der Waals surface area contributed by atoms with Crippen LogP contribution in [0.3, 0.4) is 0 Å². The first-order valence-corrected chi connectivity index (χ1v) is 4.92. The Labute approximate surface area is 80.8 Å². The van der Waals surface area contributed by atoms with Gasteiger partial charge >= 0.3 is 0 Å². The lowest BCUT2D eigenvalue weighted by Gasteiger charge is -2.29. The van der Waals surface area contributed by atoms with Crippen molar-refractivity contribution >= 4 is 46.4 Å². The van der Waals surface area contributed by atoms with E-state index in [4.69, 9.17) is 46.4 Å². The highest BCUT2D eigenvalue weighted by atomic mass is 35.5. The summed E-state index contributed by atoms with van der Waals surface area (Å²) in [7, 11) is 0. The molecule has 0 heterocycles. The summed E-state index contributed by atoms with van der Waals surface area (Å²) in [6.45, 7) is 0. The summed E-state index contributed by atoms with van der Waals surface area (Å²) < 4.78 is 0. The van der Waals surface area contributed by atoms with Crippen molar-refractivity contribution < 1.29 is 0 Å². The average molecular weight is 222 g/mol. The van der Waals surface area contributed by atoms with Gasteiger partial charge in [-0.15, -0.1) is 46.4 Å². The number of hydrogen-bond acceptors (Lipinski definition) is 0. The molecule has 60 valence electrons. The minimum atomic E-state index is -0.0147. The first-order chi connectivity index (χ1) is 4.61. The van der Waals surface area contributed by atoms with Crippen LogP contribution < -0.4 is 0 Å². The van der Waals surface area contributed by atoms with Crippen LogP contribution >= 0.6 is 46.4 Å². The van der Waals surface area contributed by atoms with Gasteiger partial charge in [0, 0.05) is 0 Å². The molecule has 0 aromatic carbocycles. The summed E-state index contributed by atoms with van der Waals surface area (Å²) >= 11 is 23.4. The lowest BCUT2D eigenvalue weighted by atomic mass is 9.99. The molecule has 0 aromatic heterocycles. The van der Waals surface area contributed by atoms with E-state index < -0.39 is 0 Å². The highest BCUT2D eigenvalue weighted by Crippen LogP contribution is 2.33. The molecular weight excluding hydrogens is 214 g/mol. The Balaban J connectivity index is 2.46. The van der Waals surface area contributed by atoms with E-state index in [0.717, 1.165) is 0 Å². The van der Waals surface area contributed by atoms with Crippen LogP contribution in [0.4, 0.5) is 0 Å². The molecule has 0 amide bonds. The Kier molecular flexibility index (Phi) is 3.43. The maximum absolute atomic E-state index is 5.85. The van der Waals surface area contributed by atoms with E-state index in [1.54, 1.807) is 0 Å². The Morgan fingerprint density at radius 1 is 0.600 bits per heavy atom. The molecular formula is C6H8Cl4. The highest BCUT2D eigenvalue weighted by molar-refractivity contribution is 6.34. The molecule has 4 heteroatoms. The van der Waals surface area contributed by atoms with E-state index in [1.165, 1.54) is 0 Å². The lowest BCUT2D eigenvalue weighted by molar-refractivity contribution is 0.531. The second-order valence-corrected chi connectivity index (χ2v) is 4.78. The largest absolute Gasteiger partial charge is 0.121 e. The van der Waals surface area contributed by atoms with Crippen molar-refractivity contribution in [1.82, 2.24) is 0 Å². The van der Waals surface area contributed by atoms with Gasteiger partial charge in [0.1, 0.15) is 0 Å². The molecule has 0 bridgehead atoms. The second kappa shape index (κ2) is 3.71. The van der Waals surface area contributed by atoms with Gasteiger partial charge in [-0.25, -0.2) is 0 Å². The zero-order valence-corrected chi connectivity index (χ0v) is 8.26. The quantitative estimate of drug-likeness (QED) is 0.552. The molecule has 0 spiro atoms. The topological polar surface area (TPSA) is 0 Å². The van der Waals surface area contributed by atoms with Crippen LogP contribution in [0, 0.1) is 0 Å². The standard InChI is InChI=1S/C6H8Cl4/c7-3-1-4(8)6(10)2-5(3)9/h3-6H,1-2H2/t3-,4+,5-,6+. The lowest BCUT2D eigenvalue weighted by Crippen LogP contribution is -2.34. The third-order valence-corrected chi connectivity index (χ3v) is 3.87. The fourth-order valence-electron chi connectivity index (χ4n) is 1.02. The predicted molar refractivity (Wildman–Crippen MR) is 47.8 cm³/mol. The van der Waals surface area contributed by atoms with E-state index in [9.17, 15) is 0 Å². The number of hydrogen-bond donors (Lipinski definition) is 0. The predicted octanol–water partition coefficient (Wildman–Crippen LogP) is 3.21. The summed E-state index contributed by atoms with van der Waals surface area (Å²) in [4.78, 5) is 0. The summed E-state index contributed by atoms with van der Waals surface area (Å²) in [6.07, 6.45) is 1.43. The van der Waals surface area contributed by atoms with Crippen LogP contribution in [0.5, 0.6) is 0 Å². The summed E-state index contributed by atoms with van der Waals surface area (Å²) in [5.41, 5.74) is 0. The van der Waals surface area contributed by atoms with E-state index in [2.05, 4.69) is 0 Å². The smallest absolute Gasteiger partial charge is 0.0514 e.